The molecule has 0 saturated carbocycles. The zero-order valence-electron chi connectivity index (χ0n) is 75.3. The standard InChI is InChI=1S/2C25H19NO.C22H20O.3C16H16O/c1-18-11-16-25-23(17-18)26(22-9-5-6-10-24(22)27-25)21-14-12-20(13-15-21)19-7-3-2-4-8-19;1-18-11-16-23-25(17-18)27-24-10-6-5-9-22(24)26(23)21-14-12-20(13-15-21)19-7-3-2-4-8-19;1-15-11-13-16(14-12-15)17-7-6-9-19-21(17)23-20-10-5-4-8-18(20)22(19,2)3;1-11-7-6-9-13-15(11)17-14-10-5-4-8-12(14)16(13,2)3;1-11-8-9-15-13(10-11)16(2,3)12-6-4-5-7-14(12)17-15;1-11-8-9-13-15(10-11)17-14-7-5-4-6-12(14)16(13,2)3/h2*2-17H,1H3;4-14H,1-3H3;3*4-10H,1-3H3. The van der Waals surface area contributed by atoms with Crippen molar-refractivity contribution in [3.8, 4) is 102 Å². The van der Waals surface area contributed by atoms with Gasteiger partial charge in [-0.1, -0.05) is 346 Å². The fourth-order valence-corrected chi connectivity index (χ4v) is 18.3. The molecule has 0 bridgehead atoms. The normalized spacial score (nSPS) is 14.0. The van der Waals surface area contributed by atoms with Gasteiger partial charge in [0.1, 0.15) is 46.0 Å². The summed E-state index contributed by atoms with van der Waals surface area (Å²) in [6, 6.07) is 135. The van der Waals surface area contributed by atoms with Gasteiger partial charge in [0.05, 0.1) is 22.7 Å². The molecule has 0 amide bonds. The number of para-hydroxylation sites is 10. The summed E-state index contributed by atoms with van der Waals surface area (Å²) in [5.41, 5.74) is 31.2. The molecule has 17 aromatic carbocycles. The van der Waals surface area contributed by atoms with E-state index in [4.69, 9.17) is 28.4 Å². The topological polar surface area (TPSA) is 61.9 Å². The molecule has 8 heteroatoms. The Morgan fingerprint density at radius 1 is 0.180 bits per heavy atom. The Kier molecular flexibility index (Phi) is 22.9. The predicted molar refractivity (Wildman–Crippen MR) is 527 cm³/mol. The van der Waals surface area contributed by atoms with Crippen LogP contribution < -0.4 is 38.2 Å². The molecule has 6 aliphatic heterocycles. The van der Waals surface area contributed by atoms with Crippen LogP contribution >= 0.6 is 0 Å². The number of fused-ring (bicyclic) bond motifs is 12. The molecule has 0 fully saturated rings. The molecule has 0 N–H and O–H groups in total. The van der Waals surface area contributed by atoms with Crippen LogP contribution in [0.2, 0.25) is 0 Å². The summed E-state index contributed by atoms with van der Waals surface area (Å²) < 4.78 is 36.6. The lowest BCUT2D eigenvalue weighted by Gasteiger charge is -2.35. The van der Waals surface area contributed by atoms with Crippen LogP contribution in [0.4, 0.5) is 34.1 Å². The van der Waals surface area contributed by atoms with Crippen LogP contribution in [0.25, 0.3) is 33.4 Å². The number of aryl methyl sites for hydroxylation is 6. The second-order valence-corrected chi connectivity index (χ2v) is 36.0. The number of nitrogens with zero attached hydrogens (tertiary/aromatic N) is 2. The van der Waals surface area contributed by atoms with E-state index in [0.717, 1.165) is 109 Å². The average Bonchev–Trinajstić information content (AvgIpc) is 0.758. The highest BCUT2D eigenvalue weighted by atomic mass is 16.5. The van der Waals surface area contributed by atoms with Crippen LogP contribution in [0, 0.1) is 41.5 Å². The zero-order valence-corrected chi connectivity index (χ0v) is 75.3. The van der Waals surface area contributed by atoms with E-state index >= 15 is 0 Å². The van der Waals surface area contributed by atoms with Crippen molar-refractivity contribution in [2.75, 3.05) is 9.80 Å². The molecule has 17 aromatic rings. The lowest BCUT2D eigenvalue weighted by Crippen LogP contribution is -2.24. The van der Waals surface area contributed by atoms with Gasteiger partial charge >= 0.3 is 0 Å². The highest BCUT2D eigenvalue weighted by molar-refractivity contribution is 5.89. The minimum absolute atomic E-state index is 0.0101. The third kappa shape index (κ3) is 16.6. The van der Waals surface area contributed by atoms with Crippen molar-refractivity contribution in [2.24, 2.45) is 0 Å². The van der Waals surface area contributed by atoms with Crippen molar-refractivity contribution in [3.05, 3.63) is 466 Å². The summed E-state index contributed by atoms with van der Waals surface area (Å²) in [6.07, 6.45) is 0. The number of hydrogen-bond donors (Lipinski definition) is 0. The molecule has 0 aromatic heterocycles. The maximum Gasteiger partial charge on any atom is 0.151 e. The molecule has 0 aliphatic carbocycles. The van der Waals surface area contributed by atoms with Crippen LogP contribution in [-0.4, -0.2) is 0 Å². The van der Waals surface area contributed by atoms with E-state index in [2.05, 4.69) is 398 Å². The lowest BCUT2D eigenvalue weighted by molar-refractivity contribution is 0.415. The van der Waals surface area contributed by atoms with Crippen molar-refractivity contribution >= 4 is 34.1 Å². The smallest absolute Gasteiger partial charge is 0.151 e. The zero-order chi connectivity index (χ0) is 88.6. The number of benzene rings is 17. The first-order valence-electron chi connectivity index (χ1n) is 44.2. The Balaban J connectivity index is 0.000000105. The second-order valence-electron chi connectivity index (χ2n) is 36.0. The molecule has 0 atom stereocenters. The average molecular weight is 1670 g/mol. The number of rotatable bonds is 5. The Morgan fingerprint density at radius 2 is 0.492 bits per heavy atom. The maximum absolute atomic E-state index is 6.33. The van der Waals surface area contributed by atoms with Gasteiger partial charge < -0.3 is 38.2 Å². The molecule has 128 heavy (non-hydrogen) atoms. The van der Waals surface area contributed by atoms with E-state index in [0.29, 0.717) is 0 Å². The minimum Gasteiger partial charge on any atom is -0.457 e. The van der Waals surface area contributed by atoms with Crippen LogP contribution in [0.3, 0.4) is 0 Å². The fourth-order valence-electron chi connectivity index (χ4n) is 18.3. The van der Waals surface area contributed by atoms with Gasteiger partial charge in [0.2, 0.25) is 0 Å². The van der Waals surface area contributed by atoms with Gasteiger partial charge in [0, 0.05) is 83.1 Å². The largest absolute Gasteiger partial charge is 0.457 e. The number of hydrogen-bond acceptors (Lipinski definition) is 8. The van der Waals surface area contributed by atoms with Crippen LogP contribution in [0.15, 0.2) is 388 Å². The first kappa shape index (κ1) is 84.0. The van der Waals surface area contributed by atoms with Crippen LogP contribution in [-0.2, 0) is 21.7 Å². The summed E-state index contributed by atoms with van der Waals surface area (Å²) >= 11 is 0. The Labute approximate surface area is 754 Å². The summed E-state index contributed by atoms with van der Waals surface area (Å²) in [7, 11) is 0. The summed E-state index contributed by atoms with van der Waals surface area (Å²) in [4.78, 5) is 4.54. The third-order valence-corrected chi connectivity index (χ3v) is 25.5. The van der Waals surface area contributed by atoms with E-state index in [1.165, 1.54) is 106 Å². The van der Waals surface area contributed by atoms with Gasteiger partial charge in [0.25, 0.3) is 0 Å². The van der Waals surface area contributed by atoms with Crippen LogP contribution in [0.5, 0.6) is 69.0 Å². The van der Waals surface area contributed by atoms with E-state index < -0.39 is 0 Å². The predicted octanol–water partition coefficient (Wildman–Crippen LogP) is 33.8. The van der Waals surface area contributed by atoms with E-state index in [1.54, 1.807) is 0 Å². The first-order valence-corrected chi connectivity index (χ1v) is 44.2. The molecule has 6 aliphatic rings. The summed E-state index contributed by atoms with van der Waals surface area (Å²) in [5, 5.41) is 0. The third-order valence-electron chi connectivity index (χ3n) is 25.5. The molecule has 0 radical (unpaired) electrons. The van der Waals surface area contributed by atoms with Crippen LogP contribution in [0.1, 0.15) is 133 Å². The number of anilines is 6. The second kappa shape index (κ2) is 34.9. The van der Waals surface area contributed by atoms with Gasteiger partial charge in [-0.2, -0.15) is 0 Å². The SMILES string of the molecule is Cc1ccc(-c2cccc3c2Oc2ccccc2C3(C)C)cc1.Cc1ccc2c(c1)C(C)(C)c1ccccc1O2.Cc1ccc2c(c1)N(c1ccc(-c3ccccc3)cc1)c1ccccc1O2.Cc1ccc2c(c1)Oc1ccccc1C2(C)C.Cc1ccc2c(c1)Oc1ccccc1N2c1ccc(-c2ccccc2)cc1.Cc1cccc2c1Oc1ccccc1C2(C)C. The van der Waals surface area contributed by atoms with Gasteiger partial charge in [-0.25, -0.2) is 0 Å². The first-order chi connectivity index (χ1) is 61.9. The molecular weight excluding hydrogens is 1570 g/mol. The van der Waals surface area contributed by atoms with E-state index in [-0.39, 0.29) is 21.7 Å². The van der Waals surface area contributed by atoms with Crippen molar-refractivity contribution in [1.29, 1.82) is 0 Å². The van der Waals surface area contributed by atoms with E-state index in [9.17, 15) is 0 Å². The molecule has 6 heterocycles. The molecule has 8 nitrogen and oxygen atoms in total. The molecule has 632 valence electrons. The quantitative estimate of drug-likeness (QED) is 0.169. The molecule has 0 unspecified atom stereocenters. The van der Waals surface area contributed by atoms with Crippen molar-refractivity contribution in [2.45, 2.75) is 119 Å². The van der Waals surface area contributed by atoms with Crippen molar-refractivity contribution < 1.29 is 28.4 Å². The molecule has 0 saturated heterocycles. The highest BCUT2D eigenvalue weighted by Gasteiger charge is 2.39. The lowest BCUT2D eigenvalue weighted by atomic mass is 9.75. The number of ether oxygens (including phenoxy) is 6. The Hall–Kier alpha value is -14.9. The minimum atomic E-state index is -0.0646. The van der Waals surface area contributed by atoms with Gasteiger partial charge in [-0.05, 0) is 201 Å². The van der Waals surface area contributed by atoms with Gasteiger partial charge in [-0.3, -0.25) is 0 Å². The van der Waals surface area contributed by atoms with Gasteiger partial charge in [0.15, 0.2) is 23.0 Å². The highest BCUT2D eigenvalue weighted by Crippen LogP contribution is 2.57. The Bertz CT molecular complexity index is 6930. The molecule has 23 rings (SSSR count). The molecular formula is C120H106N2O6. The van der Waals surface area contributed by atoms with Crippen molar-refractivity contribution in [3.63, 3.8) is 0 Å². The molecule has 0 spiro atoms. The monoisotopic (exact) mass is 1670 g/mol. The van der Waals surface area contributed by atoms with Gasteiger partial charge in [-0.15, -0.1) is 0 Å². The van der Waals surface area contributed by atoms with E-state index in [1.807, 2.05) is 97.1 Å². The fraction of sp³-hybridized carbons (Fsp3) is 0.150. The Morgan fingerprint density at radius 3 is 1.02 bits per heavy atom. The summed E-state index contributed by atoms with van der Waals surface area (Å²) in [6.45, 7) is 30.7. The van der Waals surface area contributed by atoms with Crippen molar-refractivity contribution in [1.82, 2.24) is 0 Å². The maximum atomic E-state index is 6.33. The summed E-state index contributed by atoms with van der Waals surface area (Å²) in [5.74, 6) is 11.4.